The van der Waals surface area contributed by atoms with Gasteiger partial charge in [-0.15, -0.1) is 24.0 Å². The first-order valence-electron chi connectivity index (χ1n) is 6.49. The number of hydrogen-bond acceptors (Lipinski definition) is 2. The van der Waals surface area contributed by atoms with Crippen molar-refractivity contribution in [3.63, 3.8) is 0 Å². The fourth-order valence-corrected chi connectivity index (χ4v) is 2.30. The second-order valence-electron chi connectivity index (χ2n) is 5.68. The molecule has 0 radical (unpaired) electrons. The summed E-state index contributed by atoms with van der Waals surface area (Å²) in [5.74, 6) is 0.565. The Morgan fingerprint density at radius 1 is 1.44 bits per heavy atom. The van der Waals surface area contributed by atoms with Crippen LogP contribution in [-0.2, 0) is 4.74 Å². The first-order valence-corrected chi connectivity index (χ1v) is 6.49. The quantitative estimate of drug-likeness (QED) is 0.339. The van der Waals surface area contributed by atoms with E-state index in [0.29, 0.717) is 12.0 Å². The highest BCUT2D eigenvalue weighted by Crippen LogP contribution is 2.51. The number of hydrogen-bond donors (Lipinski definition) is 2. The molecule has 1 rings (SSSR count). The van der Waals surface area contributed by atoms with Crippen molar-refractivity contribution in [2.75, 3.05) is 13.7 Å². The SMILES string of the molecule is CCCCN=C(N)NC1CC(C)(OC)C1(C)C.I. The lowest BCUT2D eigenvalue weighted by Gasteiger charge is -2.59. The smallest absolute Gasteiger partial charge is 0.188 e. The maximum Gasteiger partial charge on any atom is 0.188 e. The number of unbranched alkanes of at least 4 members (excludes halogenated alkanes) is 1. The summed E-state index contributed by atoms with van der Waals surface area (Å²) >= 11 is 0. The molecule has 108 valence electrons. The Labute approximate surface area is 128 Å². The second kappa shape index (κ2) is 6.93. The Balaban J connectivity index is 0.00000289. The Morgan fingerprint density at radius 3 is 2.50 bits per heavy atom. The molecular formula is C13H28IN3O. The molecule has 5 heteroatoms. The van der Waals surface area contributed by atoms with E-state index in [4.69, 9.17) is 10.5 Å². The third-order valence-corrected chi connectivity index (χ3v) is 4.39. The summed E-state index contributed by atoms with van der Waals surface area (Å²) < 4.78 is 5.58. The van der Waals surface area contributed by atoms with Crippen LogP contribution in [0.2, 0.25) is 0 Å². The van der Waals surface area contributed by atoms with Crippen molar-refractivity contribution in [1.82, 2.24) is 5.32 Å². The van der Waals surface area contributed by atoms with Crippen molar-refractivity contribution in [2.45, 2.75) is 58.6 Å². The van der Waals surface area contributed by atoms with E-state index in [9.17, 15) is 0 Å². The number of ether oxygens (including phenoxy) is 1. The zero-order valence-corrected chi connectivity index (χ0v) is 14.6. The number of aliphatic imine (C=N–C) groups is 1. The summed E-state index contributed by atoms with van der Waals surface area (Å²) in [7, 11) is 1.77. The molecule has 0 heterocycles. The number of nitrogens with two attached hydrogens (primary N) is 1. The number of nitrogens with zero attached hydrogens (tertiary/aromatic N) is 1. The van der Waals surface area contributed by atoms with Crippen LogP contribution in [0.4, 0.5) is 0 Å². The zero-order valence-electron chi connectivity index (χ0n) is 12.2. The van der Waals surface area contributed by atoms with Gasteiger partial charge in [0.2, 0.25) is 0 Å². The fourth-order valence-electron chi connectivity index (χ4n) is 2.30. The van der Waals surface area contributed by atoms with Gasteiger partial charge in [-0.1, -0.05) is 27.2 Å². The first-order chi connectivity index (χ1) is 7.87. The number of rotatable bonds is 5. The normalized spacial score (nSPS) is 30.3. The van der Waals surface area contributed by atoms with Crippen LogP contribution in [0, 0.1) is 5.41 Å². The van der Waals surface area contributed by atoms with Crippen LogP contribution >= 0.6 is 24.0 Å². The Hall–Kier alpha value is -0.0400. The van der Waals surface area contributed by atoms with E-state index in [2.05, 4.69) is 38.0 Å². The lowest BCUT2D eigenvalue weighted by Crippen LogP contribution is -2.69. The van der Waals surface area contributed by atoms with Crippen LogP contribution in [0.3, 0.4) is 0 Å². The molecule has 1 aliphatic carbocycles. The van der Waals surface area contributed by atoms with Gasteiger partial charge < -0.3 is 15.8 Å². The lowest BCUT2D eigenvalue weighted by molar-refractivity contribution is -0.176. The monoisotopic (exact) mass is 369 g/mol. The van der Waals surface area contributed by atoms with E-state index in [0.717, 1.165) is 25.8 Å². The lowest BCUT2D eigenvalue weighted by atomic mass is 9.56. The molecular weight excluding hydrogens is 341 g/mol. The molecule has 0 saturated heterocycles. The van der Waals surface area contributed by atoms with Gasteiger partial charge in [-0.3, -0.25) is 4.99 Å². The molecule has 1 saturated carbocycles. The van der Waals surface area contributed by atoms with Gasteiger partial charge in [0.05, 0.1) is 5.60 Å². The summed E-state index contributed by atoms with van der Waals surface area (Å²) in [6, 6.07) is 0.345. The molecule has 0 aliphatic heterocycles. The molecule has 0 aromatic carbocycles. The highest BCUT2D eigenvalue weighted by Gasteiger charge is 2.57. The van der Waals surface area contributed by atoms with E-state index >= 15 is 0 Å². The van der Waals surface area contributed by atoms with Gasteiger partial charge in [0.15, 0.2) is 5.96 Å². The van der Waals surface area contributed by atoms with Gasteiger partial charge in [0.25, 0.3) is 0 Å². The van der Waals surface area contributed by atoms with Gasteiger partial charge in [-0.2, -0.15) is 0 Å². The minimum atomic E-state index is -0.0611. The number of halogens is 1. The van der Waals surface area contributed by atoms with Crippen molar-refractivity contribution < 1.29 is 4.74 Å². The van der Waals surface area contributed by atoms with E-state index in [1.807, 2.05) is 0 Å². The van der Waals surface area contributed by atoms with Crippen molar-refractivity contribution in [1.29, 1.82) is 0 Å². The van der Waals surface area contributed by atoms with Crippen molar-refractivity contribution in [3.05, 3.63) is 0 Å². The number of methoxy groups -OCH3 is 1. The molecule has 2 unspecified atom stereocenters. The van der Waals surface area contributed by atoms with Gasteiger partial charge >= 0.3 is 0 Å². The van der Waals surface area contributed by atoms with Gasteiger partial charge in [-0.05, 0) is 19.8 Å². The van der Waals surface area contributed by atoms with Crippen LogP contribution in [0.1, 0.15) is 47.0 Å². The summed E-state index contributed by atoms with van der Waals surface area (Å²) in [4.78, 5) is 4.32. The molecule has 0 amide bonds. The predicted molar refractivity (Wildman–Crippen MR) is 87.5 cm³/mol. The predicted octanol–water partition coefficient (Wildman–Crippen LogP) is 2.51. The highest BCUT2D eigenvalue weighted by molar-refractivity contribution is 14.0. The Kier molecular flexibility index (Phi) is 6.92. The topological polar surface area (TPSA) is 59.6 Å². The Bertz CT molecular complexity index is 294. The van der Waals surface area contributed by atoms with Crippen molar-refractivity contribution in [2.24, 2.45) is 16.1 Å². The summed E-state index contributed by atoms with van der Waals surface area (Å²) in [5.41, 5.74) is 5.89. The fraction of sp³-hybridized carbons (Fsp3) is 0.923. The largest absolute Gasteiger partial charge is 0.378 e. The molecule has 1 fully saturated rings. The molecule has 2 atom stereocenters. The van der Waals surface area contributed by atoms with Gasteiger partial charge in [0.1, 0.15) is 0 Å². The minimum Gasteiger partial charge on any atom is -0.378 e. The first kappa shape index (κ1) is 18.0. The highest BCUT2D eigenvalue weighted by atomic mass is 127. The van der Waals surface area contributed by atoms with E-state index in [1.165, 1.54) is 0 Å². The second-order valence-corrected chi connectivity index (χ2v) is 5.68. The summed E-state index contributed by atoms with van der Waals surface area (Å²) in [5, 5.41) is 3.30. The van der Waals surface area contributed by atoms with Gasteiger partial charge in [0, 0.05) is 25.1 Å². The maximum absolute atomic E-state index is 5.87. The van der Waals surface area contributed by atoms with E-state index in [-0.39, 0.29) is 35.0 Å². The number of nitrogens with one attached hydrogen (secondary N) is 1. The third-order valence-electron chi connectivity index (χ3n) is 4.39. The van der Waals surface area contributed by atoms with Crippen LogP contribution < -0.4 is 11.1 Å². The average molecular weight is 369 g/mol. The van der Waals surface area contributed by atoms with Crippen LogP contribution in [0.15, 0.2) is 4.99 Å². The minimum absolute atomic E-state index is 0. The van der Waals surface area contributed by atoms with Gasteiger partial charge in [-0.25, -0.2) is 0 Å². The summed E-state index contributed by atoms with van der Waals surface area (Å²) in [6.45, 7) is 9.52. The molecule has 0 bridgehead atoms. The molecule has 0 spiro atoms. The molecule has 18 heavy (non-hydrogen) atoms. The molecule has 0 aromatic rings. The molecule has 0 aromatic heterocycles. The molecule has 1 aliphatic rings. The number of guanidine groups is 1. The van der Waals surface area contributed by atoms with Crippen LogP contribution in [-0.4, -0.2) is 31.3 Å². The summed E-state index contributed by atoms with van der Waals surface area (Å²) in [6.07, 6.45) is 3.21. The van der Waals surface area contributed by atoms with Crippen molar-refractivity contribution >= 4 is 29.9 Å². The zero-order chi connectivity index (χ0) is 13.1. The maximum atomic E-state index is 5.87. The van der Waals surface area contributed by atoms with E-state index in [1.54, 1.807) is 7.11 Å². The van der Waals surface area contributed by atoms with Crippen LogP contribution in [0.25, 0.3) is 0 Å². The third kappa shape index (κ3) is 3.50. The Morgan fingerprint density at radius 2 is 2.06 bits per heavy atom. The van der Waals surface area contributed by atoms with Crippen molar-refractivity contribution in [3.8, 4) is 0 Å². The standard InChI is InChI=1S/C13H27N3O.HI/c1-6-7-8-15-11(14)16-10-9-13(4,17-5)12(10,2)3;/h10H,6-9H2,1-5H3,(H3,14,15,16);1H. The molecule has 4 nitrogen and oxygen atoms in total. The van der Waals surface area contributed by atoms with Crippen LogP contribution in [0.5, 0.6) is 0 Å². The average Bonchev–Trinajstić information content (AvgIpc) is 2.28. The van der Waals surface area contributed by atoms with E-state index < -0.39 is 0 Å². The molecule has 3 N–H and O–H groups in total.